The number of hydrogen-bond donors (Lipinski definition) is 1. The molecule has 0 radical (unpaired) electrons. The molecule has 2 nitrogen and oxygen atoms in total. The van der Waals surface area contributed by atoms with Crippen molar-refractivity contribution in [3.8, 4) is 0 Å². The van der Waals surface area contributed by atoms with Crippen molar-refractivity contribution in [2.75, 3.05) is 0 Å². The van der Waals surface area contributed by atoms with Gasteiger partial charge in [0.25, 0.3) is 0 Å². The van der Waals surface area contributed by atoms with Crippen LogP contribution in [-0.4, -0.2) is 5.91 Å². The van der Waals surface area contributed by atoms with Gasteiger partial charge in [-0.1, -0.05) is 19.4 Å². The highest BCUT2D eigenvalue weighted by molar-refractivity contribution is 5.77. The third-order valence-corrected chi connectivity index (χ3v) is 3.44. The van der Waals surface area contributed by atoms with Crippen molar-refractivity contribution in [1.29, 1.82) is 0 Å². The van der Waals surface area contributed by atoms with E-state index in [0.29, 0.717) is 19.3 Å². The summed E-state index contributed by atoms with van der Waals surface area (Å²) in [5.74, 6) is -4.07. The van der Waals surface area contributed by atoms with Crippen LogP contribution in [0, 0.1) is 17.5 Å². The molecule has 0 spiro atoms. The summed E-state index contributed by atoms with van der Waals surface area (Å²) >= 11 is 0. The van der Waals surface area contributed by atoms with E-state index in [1.807, 2.05) is 6.92 Å². The van der Waals surface area contributed by atoms with Gasteiger partial charge in [-0.2, -0.15) is 0 Å². The van der Waals surface area contributed by atoms with Crippen LogP contribution < -0.4 is 5.32 Å². The highest BCUT2D eigenvalue weighted by Crippen LogP contribution is 2.47. The van der Waals surface area contributed by atoms with Crippen molar-refractivity contribution in [1.82, 2.24) is 5.32 Å². The van der Waals surface area contributed by atoms with Crippen LogP contribution in [0.2, 0.25) is 0 Å². The Morgan fingerprint density at radius 1 is 1.26 bits per heavy atom. The number of benzene rings is 1. The normalized spacial score (nSPS) is 16.2. The number of halogens is 3. The van der Waals surface area contributed by atoms with Gasteiger partial charge in [-0.05, 0) is 25.3 Å². The van der Waals surface area contributed by atoms with E-state index in [0.717, 1.165) is 18.9 Å². The Bertz CT molecular complexity index is 498. The van der Waals surface area contributed by atoms with Gasteiger partial charge in [0, 0.05) is 12.0 Å². The number of hydrogen-bond acceptors (Lipinski definition) is 1. The van der Waals surface area contributed by atoms with Gasteiger partial charge in [0.15, 0.2) is 17.5 Å². The SMILES string of the molecule is CCCCC(=O)NC1(c2ccc(F)c(F)c2F)CC1. The summed E-state index contributed by atoms with van der Waals surface area (Å²) in [6.45, 7) is 1.97. The maximum Gasteiger partial charge on any atom is 0.220 e. The summed E-state index contributed by atoms with van der Waals surface area (Å²) in [5.41, 5.74) is -0.806. The molecule has 0 aliphatic heterocycles. The lowest BCUT2D eigenvalue weighted by atomic mass is 10.0. The fourth-order valence-corrected chi connectivity index (χ4v) is 2.15. The van der Waals surface area contributed by atoms with Crippen LogP contribution in [0.5, 0.6) is 0 Å². The van der Waals surface area contributed by atoms with Crippen LogP contribution in [0.4, 0.5) is 13.2 Å². The molecule has 0 unspecified atom stereocenters. The Morgan fingerprint density at radius 3 is 2.53 bits per heavy atom. The third-order valence-electron chi connectivity index (χ3n) is 3.44. The van der Waals surface area contributed by atoms with Crippen LogP contribution >= 0.6 is 0 Å². The molecule has 0 bridgehead atoms. The molecule has 0 aromatic heterocycles. The minimum Gasteiger partial charge on any atom is -0.346 e. The lowest BCUT2D eigenvalue weighted by Gasteiger charge is -2.19. The zero-order valence-electron chi connectivity index (χ0n) is 10.7. The highest BCUT2D eigenvalue weighted by Gasteiger charge is 2.48. The largest absolute Gasteiger partial charge is 0.346 e. The smallest absolute Gasteiger partial charge is 0.220 e. The molecule has 0 atom stereocenters. The second-order valence-electron chi connectivity index (χ2n) is 4.96. The van der Waals surface area contributed by atoms with E-state index < -0.39 is 23.0 Å². The molecular formula is C14H16F3NO. The summed E-state index contributed by atoms with van der Waals surface area (Å²) in [7, 11) is 0. The van der Waals surface area contributed by atoms with Crippen molar-refractivity contribution in [2.45, 2.75) is 44.6 Å². The fourth-order valence-electron chi connectivity index (χ4n) is 2.15. The van der Waals surface area contributed by atoms with Gasteiger partial charge in [-0.3, -0.25) is 4.79 Å². The molecule has 1 aromatic carbocycles. The van der Waals surface area contributed by atoms with E-state index in [1.165, 1.54) is 6.07 Å². The standard InChI is InChI=1S/C14H16F3NO/c1-2-3-4-11(19)18-14(7-8-14)9-5-6-10(15)13(17)12(9)16/h5-6H,2-4,7-8H2,1H3,(H,18,19). The second-order valence-corrected chi connectivity index (χ2v) is 4.96. The van der Waals surface area contributed by atoms with Crippen molar-refractivity contribution in [2.24, 2.45) is 0 Å². The minimum absolute atomic E-state index is 0.0382. The Morgan fingerprint density at radius 2 is 1.95 bits per heavy atom. The van der Waals surface area contributed by atoms with E-state index in [4.69, 9.17) is 0 Å². The van der Waals surface area contributed by atoms with Crippen molar-refractivity contribution >= 4 is 5.91 Å². The van der Waals surface area contributed by atoms with Crippen LogP contribution in [0.1, 0.15) is 44.6 Å². The Kier molecular flexibility index (Phi) is 3.83. The van der Waals surface area contributed by atoms with Crippen molar-refractivity contribution in [3.63, 3.8) is 0 Å². The molecular weight excluding hydrogens is 255 g/mol. The highest BCUT2D eigenvalue weighted by atomic mass is 19.2. The fraction of sp³-hybridized carbons (Fsp3) is 0.500. The lowest BCUT2D eigenvalue weighted by molar-refractivity contribution is -0.122. The summed E-state index contributed by atoms with van der Waals surface area (Å²) in [6, 6.07) is 2.10. The van der Waals surface area contributed by atoms with Gasteiger partial charge < -0.3 is 5.32 Å². The van der Waals surface area contributed by atoms with Gasteiger partial charge in [-0.25, -0.2) is 13.2 Å². The van der Waals surface area contributed by atoms with E-state index in [-0.39, 0.29) is 11.5 Å². The Hall–Kier alpha value is -1.52. The van der Waals surface area contributed by atoms with Crippen molar-refractivity contribution in [3.05, 3.63) is 35.1 Å². The van der Waals surface area contributed by atoms with Crippen LogP contribution in [0.15, 0.2) is 12.1 Å². The third kappa shape index (κ3) is 2.74. The predicted octanol–water partition coefficient (Wildman–Crippen LogP) is 3.40. The van der Waals surface area contributed by atoms with Gasteiger partial charge >= 0.3 is 0 Å². The van der Waals surface area contributed by atoms with Gasteiger partial charge in [0.1, 0.15) is 0 Å². The first-order valence-corrected chi connectivity index (χ1v) is 6.45. The molecule has 1 N–H and O–H groups in total. The molecule has 1 aliphatic carbocycles. The summed E-state index contributed by atoms with van der Waals surface area (Å²) in [6.07, 6.45) is 3.10. The average Bonchev–Trinajstić information content (AvgIpc) is 3.14. The Balaban J connectivity index is 2.17. The van der Waals surface area contributed by atoms with Crippen molar-refractivity contribution < 1.29 is 18.0 Å². The molecule has 1 aromatic rings. The molecule has 19 heavy (non-hydrogen) atoms. The van der Waals surface area contributed by atoms with E-state index in [1.54, 1.807) is 0 Å². The van der Waals surface area contributed by atoms with E-state index in [9.17, 15) is 18.0 Å². The van der Waals surface area contributed by atoms with Gasteiger partial charge in [0.2, 0.25) is 5.91 Å². The minimum atomic E-state index is -1.48. The van der Waals surface area contributed by atoms with E-state index >= 15 is 0 Å². The summed E-state index contributed by atoms with van der Waals surface area (Å²) in [5, 5.41) is 2.74. The number of carbonyl (C=O) groups is 1. The summed E-state index contributed by atoms with van der Waals surface area (Å²) in [4.78, 5) is 11.7. The first kappa shape index (κ1) is 13.9. The maximum absolute atomic E-state index is 13.7. The van der Waals surface area contributed by atoms with Crippen LogP contribution in [-0.2, 0) is 10.3 Å². The van der Waals surface area contributed by atoms with E-state index in [2.05, 4.69) is 5.32 Å². The molecule has 0 saturated heterocycles. The molecule has 1 aliphatic rings. The van der Waals surface area contributed by atoms with Crippen LogP contribution in [0.3, 0.4) is 0 Å². The molecule has 1 fully saturated rings. The number of rotatable bonds is 5. The molecule has 1 saturated carbocycles. The first-order chi connectivity index (χ1) is 9.00. The number of amides is 1. The molecule has 2 rings (SSSR count). The number of unbranched alkanes of at least 4 members (excludes halogenated alkanes) is 1. The molecule has 5 heteroatoms. The molecule has 1 amide bonds. The zero-order chi connectivity index (χ0) is 14.0. The maximum atomic E-state index is 13.7. The van der Waals surface area contributed by atoms with Gasteiger partial charge in [-0.15, -0.1) is 0 Å². The monoisotopic (exact) mass is 271 g/mol. The lowest BCUT2D eigenvalue weighted by Crippen LogP contribution is -2.35. The number of carbonyl (C=O) groups excluding carboxylic acids is 1. The quantitative estimate of drug-likeness (QED) is 0.817. The van der Waals surface area contributed by atoms with Gasteiger partial charge in [0.05, 0.1) is 5.54 Å². The average molecular weight is 271 g/mol. The van der Waals surface area contributed by atoms with Crippen LogP contribution in [0.25, 0.3) is 0 Å². The molecule has 104 valence electrons. The Labute approximate surface area is 110 Å². The topological polar surface area (TPSA) is 29.1 Å². The first-order valence-electron chi connectivity index (χ1n) is 6.45. The summed E-state index contributed by atoms with van der Waals surface area (Å²) < 4.78 is 39.9. The predicted molar refractivity (Wildman–Crippen MR) is 64.9 cm³/mol. The number of nitrogens with one attached hydrogen (secondary N) is 1. The molecule has 0 heterocycles. The second kappa shape index (κ2) is 5.23. The zero-order valence-corrected chi connectivity index (χ0v) is 10.7.